The molecule has 20 heavy (non-hydrogen) atoms. The third-order valence-corrected chi connectivity index (χ3v) is 3.03. The Labute approximate surface area is 118 Å². The van der Waals surface area contributed by atoms with Crippen LogP contribution in [0.3, 0.4) is 0 Å². The summed E-state index contributed by atoms with van der Waals surface area (Å²) in [5.41, 5.74) is 8.11. The highest BCUT2D eigenvalue weighted by molar-refractivity contribution is 5.94. The number of hydrogen-bond donors (Lipinski definition) is 1. The molecule has 0 fully saturated rings. The fourth-order valence-corrected chi connectivity index (χ4v) is 2.04. The van der Waals surface area contributed by atoms with E-state index in [2.05, 4.69) is 10.1 Å². The number of aromatic nitrogens is 3. The Morgan fingerprint density at radius 1 is 1.45 bits per heavy atom. The van der Waals surface area contributed by atoms with Gasteiger partial charge < -0.3 is 10.6 Å². The highest BCUT2D eigenvalue weighted by Gasteiger charge is 2.14. The Hall–Kier alpha value is -2.37. The van der Waals surface area contributed by atoms with Crippen molar-refractivity contribution in [3.63, 3.8) is 0 Å². The molecule has 0 radical (unpaired) electrons. The van der Waals surface area contributed by atoms with Crippen LogP contribution in [0.2, 0.25) is 0 Å². The summed E-state index contributed by atoms with van der Waals surface area (Å²) < 4.78 is 1.72. The van der Waals surface area contributed by atoms with Gasteiger partial charge in [0.05, 0.1) is 6.20 Å². The van der Waals surface area contributed by atoms with Gasteiger partial charge >= 0.3 is 0 Å². The summed E-state index contributed by atoms with van der Waals surface area (Å²) in [5.74, 6) is 0.306. The molecule has 2 rings (SSSR count). The molecule has 0 aliphatic carbocycles. The normalized spacial score (nSPS) is 10.6. The van der Waals surface area contributed by atoms with Crippen LogP contribution in [0.15, 0.2) is 24.5 Å². The predicted molar refractivity (Wildman–Crippen MR) is 77.0 cm³/mol. The average molecular weight is 273 g/mol. The van der Waals surface area contributed by atoms with Crippen molar-refractivity contribution in [3.8, 4) is 0 Å². The van der Waals surface area contributed by atoms with Crippen molar-refractivity contribution in [1.29, 1.82) is 0 Å². The fourth-order valence-electron chi connectivity index (χ4n) is 2.04. The van der Waals surface area contributed by atoms with Gasteiger partial charge in [0.1, 0.15) is 5.82 Å². The molecule has 0 unspecified atom stereocenters. The second-order valence-electron chi connectivity index (χ2n) is 4.81. The van der Waals surface area contributed by atoms with E-state index in [1.54, 1.807) is 35.0 Å². The summed E-state index contributed by atoms with van der Waals surface area (Å²) in [7, 11) is 3.61. The maximum absolute atomic E-state index is 12.4. The first-order chi connectivity index (χ1) is 9.49. The van der Waals surface area contributed by atoms with E-state index in [1.165, 1.54) is 0 Å². The van der Waals surface area contributed by atoms with Crippen molar-refractivity contribution < 1.29 is 4.79 Å². The number of carbonyl (C=O) groups excluding carboxylic acids is 1. The largest absolute Gasteiger partial charge is 0.384 e. The zero-order chi connectivity index (χ0) is 14.7. The number of pyridine rings is 1. The van der Waals surface area contributed by atoms with Gasteiger partial charge in [-0.05, 0) is 18.6 Å². The molecule has 0 saturated carbocycles. The monoisotopic (exact) mass is 273 g/mol. The highest BCUT2D eigenvalue weighted by atomic mass is 16.2. The molecule has 2 aromatic rings. The SMILES string of the molecule is CCc1cc(C(=O)N(C)Cc2cnn(C)c2)cc(N)n1. The number of carbonyl (C=O) groups is 1. The van der Waals surface area contributed by atoms with Gasteiger partial charge in [-0.25, -0.2) is 4.98 Å². The second kappa shape index (κ2) is 5.73. The standard InChI is InChI=1S/C14H19N5O/c1-4-12-5-11(6-13(15)17-12)14(20)18(2)8-10-7-16-19(3)9-10/h5-7,9H,4,8H2,1-3H3,(H2,15,17). The number of nitrogen functional groups attached to an aromatic ring is 1. The topological polar surface area (TPSA) is 77.0 Å². The number of hydrogen-bond acceptors (Lipinski definition) is 4. The summed E-state index contributed by atoms with van der Waals surface area (Å²) >= 11 is 0. The second-order valence-corrected chi connectivity index (χ2v) is 4.81. The van der Waals surface area contributed by atoms with Gasteiger partial charge in [-0.3, -0.25) is 9.48 Å². The third-order valence-electron chi connectivity index (χ3n) is 3.03. The van der Waals surface area contributed by atoms with E-state index < -0.39 is 0 Å². The third kappa shape index (κ3) is 3.14. The van der Waals surface area contributed by atoms with Crippen molar-refractivity contribution in [2.75, 3.05) is 12.8 Å². The Bertz CT molecular complexity index is 620. The Morgan fingerprint density at radius 3 is 2.80 bits per heavy atom. The smallest absolute Gasteiger partial charge is 0.254 e. The molecule has 0 aliphatic heterocycles. The molecule has 1 amide bonds. The van der Waals surface area contributed by atoms with Crippen LogP contribution < -0.4 is 5.73 Å². The van der Waals surface area contributed by atoms with Crippen molar-refractivity contribution in [2.24, 2.45) is 7.05 Å². The highest BCUT2D eigenvalue weighted by Crippen LogP contribution is 2.12. The Morgan fingerprint density at radius 2 is 2.20 bits per heavy atom. The van der Waals surface area contributed by atoms with Crippen LogP contribution in [0, 0.1) is 0 Å². The molecule has 0 atom stereocenters. The number of nitrogens with zero attached hydrogens (tertiary/aromatic N) is 4. The van der Waals surface area contributed by atoms with E-state index in [4.69, 9.17) is 5.73 Å². The molecule has 2 aromatic heterocycles. The molecule has 0 spiro atoms. The van der Waals surface area contributed by atoms with Gasteiger partial charge in [0, 0.05) is 43.7 Å². The van der Waals surface area contributed by atoms with Crippen molar-refractivity contribution in [1.82, 2.24) is 19.7 Å². The quantitative estimate of drug-likeness (QED) is 0.909. The molecule has 106 valence electrons. The van der Waals surface area contributed by atoms with Crippen molar-refractivity contribution in [3.05, 3.63) is 41.3 Å². The van der Waals surface area contributed by atoms with Crippen LogP contribution in [0.1, 0.15) is 28.5 Å². The predicted octanol–water partition coefficient (Wildman–Crippen LogP) is 1.23. The summed E-state index contributed by atoms with van der Waals surface area (Å²) in [6, 6.07) is 3.40. The van der Waals surface area contributed by atoms with Crippen molar-refractivity contribution >= 4 is 11.7 Å². The van der Waals surface area contributed by atoms with Gasteiger partial charge in [0.15, 0.2) is 0 Å². The molecule has 2 N–H and O–H groups in total. The first-order valence-electron chi connectivity index (χ1n) is 6.49. The van der Waals surface area contributed by atoms with Gasteiger partial charge in [-0.2, -0.15) is 5.10 Å². The number of nitrogens with two attached hydrogens (primary N) is 1. The van der Waals surface area contributed by atoms with Gasteiger partial charge in [0.25, 0.3) is 5.91 Å². The summed E-state index contributed by atoms with van der Waals surface area (Å²) in [4.78, 5) is 18.2. The minimum absolute atomic E-state index is 0.0716. The van der Waals surface area contributed by atoms with E-state index >= 15 is 0 Å². The minimum atomic E-state index is -0.0716. The molecule has 0 bridgehead atoms. The lowest BCUT2D eigenvalue weighted by atomic mass is 10.1. The van der Waals surface area contributed by atoms with Crippen LogP contribution in [-0.4, -0.2) is 32.6 Å². The van der Waals surface area contributed by atoms with Crippen LogP contribution >= 0.6 is 0 Å². The number of amides is 1. The summed E-state index contributed by atoms with van der Waals surface area (Å²) in [5, 5.41) is 4.09. The average Bonchev–Trinajstić information content (AvgIpc) is 2.82. The Kier molecular flexibility index (Phi) is 4.02. The van der Waals surface area contributed by atoms with Crippen molar-refractivity contribution in [2.45, 2.75) is 19.9 Å². The lowest BCUT2D eigenvalue weighted by Gasteiger charge is -2.16. The first-order valence-corrected chi connectivity index (χ1v) is 6.49. The molecule has 6 heteroatoms. The lowest BCUT2D eigenvalue weighted by Crippen LogP contribution is -2.26. The van der Waals surface area contributed by atoms with E-state index in [-0.39, 0.29) is 5.91 Å². The van der Waals surface area contributed by atoms with Crippen LogP contribution in [0.25, 0.3) is 0 Å². The molecule has 6 nitrogen and oxygen atoms in total. The minimum Gasteiger partial charge on any atom is -0.384 e. The van der Waals surface area contributed by atoms with E-state index in [1.807, 2.05) is 20.2 Å². The zero-order valence-electron chi connectivity index (χ0n) is 12.0. The molecular formula is C14H19N5O. The molecule has 0 aliphatic rings. The van der Waals surface area contributed by atoms with Gasteiger partial charge in [-0.15, -0.1) is 0 Å². The van der Waals surface area contributed by atoms with Crippen LogP contribution in [0.5, 0.6) is 0 Å². The van der Waals surface area contributed by atoms with E-state index in [0.29, 0.717) is 17.9 Å². The summed E-state index contributed by atoms with van der Waals surface area (Å²) in [6.07, 6.45) is 4.39. The van der Waals surface area contributed by atoms with E-state index in [0.717, 1.165) is 17.7 Å². The Balaban J connectivity index is 2.15. The number of rotatable bonds is 4. The summed E-state index contributed by atoms with van der Waals surface area (Å²) in [6.45, 7) is 2.49. The lowest BCUT2D eigenvalue weighted by molar-refractivity contribution is 0.0785. The molecule has 2 heterocycles. The molecule has 0 aromatic carbocycles. The first kappa shape index (κ1) is 14.0. The number of anilines is 1. The van der Waals surface area contributed by atoms with Gasteiger partial charge in [-0.1, -0.05) is 6.92 Å². The van der Waals surface area contributed by atoms with Crippen LogP contribution in [-0.2, 0) is 20.0 Å². The van der Waals surface area contributed by atoms with Gasteiger partial charge in [0.2, 0.25) is 0 Å². The number of aryl methyl sites for hydroxylation is 2. The maximum Gasteiger partial charge on any atom is 0.254 e. The zero-order valence-corrected chi connectivity index (χ0v) is 12.0. The van der Waals surface area contributed by atoms with Crippen LogP contribution in [0.4, 0.5) is 5.82 Å². The fraction of sp³-hybridized carbons (Fsp3) is 0.357. The molecule has 0 saturated heterocycles. The maximum atomic E-state index is 12.4. The molecular weight excluding hydrogens is 254 g/mol. The van der Waals surface area contributed by atoms with E-state index in [9.17, 15) is 4.79 Å².